The molecular weight excluding hydrogens is 1650 g/mol. The fraction of sp³-hybridized carbons (Fsp3) is 0.525. The highest BCUT2D eigenvalue weighted by Crippen LogP contribution is 2.51. The van der Waals surface area contributed by atoms with Crippen LogP contribution in [0, 0.1) is 5.92 Å². The highest BCUT2D eigenvalue weighted by Gasteiger charge is 2.52. The number of carbonyl (C=O) groups is 8. The Labute approximate surface area is 705 Å². The molecule has 2 fully saturated rings. The molecule has 0 saturated carbocycles. The first kappa shape index (κ1) is 94.1. The Bertz CT molecular complexity index is 4650. The number of carbonyl (C=O) groups excluding carboxylic acids is 7. The van der Waals surface area contributed by atoms with Gasteiger partial charge in [-0.15, -0.1) is 0 Å². The number of phenols is 3. The number of benzene rings is 5. The Morgan fingerprint density at radius 2 is 1.31 bits per heavy atom. The number of phenolic OH excluding ortho intramolecular Hbond substituents is 3. The van der Waals surface area contributed by atoms with E-state index in [2.05, 4.69) is 60.1 Å². The van der Waals surface area contributed by atoms with Gasteiger partial charge >= 0.3 is 13.6 Å². The fourth-order valence-corrected chi connectivity index (χ4v) is 16.0. The largest absolute Gasteiger partial charge is 0.507 e. The molecule has 0 aromatic heterocycles. The minimum atomic E-state index is -4.85. The second-order valence-electron chi connectivity index (χ2n) is 31.3. The number of halogens is 2. The molecule has 0 aliphatic carbocycles. The molecule has 7 aliphatic heterocycles. The van der Waals surface area contributed by atoms with Crippen molar-refractivity contribution in [1.82, 2.24) is 53.2 Å². The Balaban J connectivity index is 1.17. The third kappa shape index (κ3) is 23.0. The molecule has 7 amide bonds. The van der Waals surface area contributed by atoms with Gasteiger partial charge < -0.3 is 148 Å². The van der Waals surface area contributed by atoms with Gasteiger partial charge in [-0.05, 0) is 123 Å². The second-order valence-corrected chi connectivity index (χ2v) is 33.7. The van der Waals surface area contributed by atoms with E-state index in [0.717, 1.165) is 86.5 Å². The molecule has 38 nitrogen and oxygen atoms in total. The molecule has 18 atom stereocenters. The van der Waals surface area contributed by atoms with Crippen molar-refractivity contribution < 1.29 is 132 Å². The lowest BCUT2D eigenvalue weighted by molar-refractivity contribution is -0.334. The van der Waals surface area contributed by atoms with E-state index in [1.165, 1.54) is 51.3 Å². The number of hydrogen-bond donors (Lipinski definition) is 23. The topological polar surface area (TPSA) is 598 Å². The molecule has 662 valence electrons. The van der Waals surface area contributed by atoms with E-state index in [1.54, 1.807) is 13.8 Å². The van der Waals surface area contributed by atoms with E-state index in [1.807, 2.05) is 13.8 Å². The van der Waals surface area contributed by atoms with Crippen LogP contribution in [0.2, 0.25) is 10.0 Å². The molecule has 7 aliphatic rings. The number of fused-ring (bicyclic) bond motifs is 15. The number of ether oxygens (including phenoxy) is 6. The molecule has 12 rings (SSSR count). The lowest BCUT2D eigenvalue weighted by atomic mass is 9.85. The van der Waals surface area contributed by atoms with E-state index in [9.17, 15) is 79.8 Å². The molecule has 11 bridgehead atoms. The van der Waals surface area contributed by atoms with Crippen LogP contribution in [-0.2, 0) is 63.7 Å². The number of aromatic hydroxyl groups is 3. The Kier molecular flexibility index (Phi) is 32.2. The Hall–Kier alpha value is -9.13. The SMILES string of the molecule is CCCCCCCCCCNCCNC1(C)CC(OC2C(Oc3c4cc5cc3Oc3ccc(cc3Cl)[C@@H](O)[C@@H]3NC(=O)[C@H](NC(=O)[C@@H]5NC(=O)[C@H](CC(N)=O)NC(=O)C(NC(=O)[C@@H](CC(C)C)NC)[C@H](O)c5ccc(c(Cl)c5)O4)c4ccc(O)c(c4)-c4c(cc(O)c(CNCP(=O)(O)O)c4O)[C@H](C(=O)O)NC3=O)OC(CO)C(O)C2O)OC(C)C1O. The summed E-state index contributed by atoms with van der Waals surface area (Å²) in [6, 6.07) is -2.39. The number of carboxylic acid groups (broad SMARTS) is 1. The molecule has 121 heavy (non-hydrogen) atoms. The quantitative estimate of drug-likeness (QED) is 0.0232. The van der Waals surface area contributed by atoms with E-state index in [-0.39, 0.29) is 40.7 Å². The summed E-state index contributed by atoms with van der Waals surface area (Å²) in [5.74, 6) is -17.1. The fourth-order valence-electron chi connectivity index (χ4n) is 15.2. The lowest BCUT2D eigenvalue weighted by Gasteiger charge is -2.48. The number of aliphatic carboxylic acids is 1. The number of aliphatic hydroxyl groups excluding tert-OH is 6. The number of likely N-dealkylation sites (N-methyl/N-ethyl adjacent to an activating group) is 1. The van der Waals surface area contributed by atoms with Gasteiger partial charge in [0.2, 0.25) is 53.4 Å². The van der Waals surface area contributed by atoms with Crippen molar-refractivity contribution >= 4 is 78.1 Å². The van der Waals surface area contributed by atoms with Crippen molar-refractivity contribution in [1.29, 1.82) is 0 Å². The molecule has 7 heterocycles. The smallest absolute Gasteiger partial charge is 0.339 e. The first-order chi connectivity index (χ1) is 57.3. The molecule has 0 spiro atoms. The molecule has 10 unspecified atom stereocenters. The Morgan fingerprint density at radius 3 is 1.91 bits per heavy atom. The summed E-state index contributed by atoms with van der Waals surface area (Å²) in [4.78, 5) is 138. The van der Waals surface area contributed by atoms with Gasteiger partial charge in [0.05, 0.1) is 53.2 Å². The molecule has 0 radical (unpaired) electrons. The van der Waals surface area contributed by atoms with Crippen molar-refractivity contribution in [3.05, 3.63) is 116 Å². The molecule has 5 aromatic rings. The van der Waals surface area contributed by atoms with Crippen LogP contribution in [0.1, 0.15) is 169 Å². The summed E-state index contributed by atoms with van der Waals surface area (Å²) in [6.07, 6.45) is -10.6. The van der Waals surface area contributed by atoms with Gasteiger partial charge in [-0.2, -0.15) is 0 Å². The number of nitrogens with one attached hydrogen (secondary N) is 10. The zero-order chi connectivity index (χ0) is 88.2. The maximum Gasteiger partial charge on any atom is 0.339 e. The molecule has 24 N–H and O–H groups in total. The van der Waals surface area contributed by atoms with Crippen molar-refractivity contribution in [3.8, 4) is 57.1 Å². The van der Waals surface area contributed by atoms with Crippen molar-refractivity contribution in [2.24, 2.45) is 11.7 Å². The van der Waals surface area contributed by atoms with Crippen LogP contribution < -0.4 is 73.1 Å². The number of primary amides is 1. The number of unbranched alkanes of at least 4 members (excludes halogenated alkanes) is 7. The average molecular weight is 1760 g/mol. The minimum Gasteiger partial charge on any atom is -0.507 e. The zero-order valence-corrected chi connectivity index (χ0v) is 69.5. The normalized spacial score (nSPS) is 26.7. The summed E-state index contributed by atoms with van der Waals surface area (Å²) < 4.78 is 51.4. The van der Waals surface area contributed by atoms with Crippen molar-refractivity contribution in [2.45, 2.75) is 221 Å². The lowest BCUT2D eigenvalue weighted by Crippen LogP contribution is -2.65. The Morgan fingerprint density at radius 1 is 0.694 bits per heavy atom. The summed E-state index contributed by atoms with van der Waals surface area (Å²) in [7, 11) is -3.38. The van der Waals surface area contributed by atoms with Crippen LogP contribution in [0.15, 0.2) is 72.8 Å². The number of nitrogens with two attached hydrogens (primary N) is 1. The third-order valence-corrected chi connectivity index (χ3v) is 22.9. The van der Waals surface area contributed by atoms with Crippen LogP contribution in [0.5, 0.6) is 46.0 Å². The first-order valence-corrected chi connectivity index (χ1v) is 42.3. The average Bonchev–Trinajstić information content (AvgIpc) is 0.839. The predicted molar refractivity (Wildman–Crippen MR) is 432 cm³/mol. The van der Waals surface area contributed by atoms with Crippen molar-refractivity contribution in [2.75, 3.05) is 39.6 Å². The van der Waals surface area contributed by atoms with Gasteiger partial charge in [0, 0.05) is 48.3 Å². The molecule has 5 aromatic carbocycles. The summed E-state index contributed by atoms with van der Waals surface area (Å²) in [5, 5.41) is 144. The number of aliphatic hydroxyl groups is 6. The number of carboxylic acids is 1. The summed E-state index contributed by atoms with van der Waals surface area (Å²) in [6.45, 7) is 8.98. The number of hydrogen-bond acceptors (Lipinski definition) is 28. The predicted octanol–water partition coefficient (Wildman–Crippen LogP) is 2.69. The van der Waals surface area contributed by atoms with Crippen LogP contribution in [-0.4, -0.2) is 227 Å². The van der Waals surface area contributed by atoms with Gasteiger partial charge in [-0.3, -0.25) is 38.1 Å². The summed E-state index contributed by atoms with van der Waals surface area (Å²) >= 11 is 14.3. The zero-order valence-electron chi connectivity index (χ0n) is 67.1. The van der Waals surface area contributed by atoms with Gasteiger partial charge in [-0.1, -0.05) is 107 Å². The minimum absolute atomic E-state index is 0.123. The monoisotopic (exact) mass is 1750 g/mol. The van der Waals surface area contributed by atoms with Crippen LogP contribution in [0.3, 0.4) is 0 Å². The standard InChI is InChI=1S/C80H106Cl2N11O27P/c1-7-8-9-10-11-12-13-14-21-85-22-23-87-80(5)32-57(115-37(4)71(80)103)119-70-68(102)67(101)55(34-94)118-79(70)120-69-53-28-41-29-54(69)117-52-20-17-40(27-46(52)82)65(99)63-77(109)91-61(78(110)111)43-30-50(96)44(33-86-35-121(112,113)114)66(100)58(43)42-25-38(15-18-49(42)95)59(74(106)93-63)90-75(107)60(41)89-73(105)48(31-56(83)97)88-76(108)62(92-72(104)47(84-6)24-36(2)3)64(98)39-16-19-51(116-53)45(81)26-39/h15-20,25-30,36-37,47-48,55,57,59-65,67-68,70-71,79,84-87,94-96,98-103H,7-14,21-24,31-35H2,1-6H3,(H2,83,97)(H,88,108)(H,89,105)(H,90,107)(H,91,109)(H,92,104)(H,93,106)(H,110,111)(H2,112,113,114)/t37?,47-,48+,55?,57?,59-,60-,61-,62?,63+,64-,65-,67?,68?,70?,71?,79?,80?/m1/s1. The van der Waals surface area contributed by atoms with Gasteiger partial charge in [0.1, 0.15) is 89.5 Å². The van der Waals surface area contributed by atoms with Crippen molar-refractivity contribution in [3.63, 3.8) is 0 Å². The van der Waals surface area contributed by atoms with E-state index >= 15 is 24.0 Å². The molecule has 41 heteroatoms. The second kappa shape index (κ2) is 41.4. The van der Waals surface area contributed by atoms with E-state index in [0.29, 0.717) is 13.1 Å². The summed E-state index contributed by atoms with van der Waals surface area (Å²) in [5.41, 5.74) is 0.545. The number of rotatable bonds is 30. The molecular formula is C80H106Cl2N11O27P. The van der Waals surface area contributed by atoms with Crippen LogP contribution >= 0.6 is 30.8 Å². The van der Waals surface area contributed by atoms with Crippen LogP contribution in [0.25, 0.3) is 11.1 Å². The van der Waals surface area contributed by atoms with Gasteiger partial charge in [0.15, 0.2) is 29.9 Å². The maximum atomic E-state index is 16.3. The highest BCUT2D eigenvalue weighted by molar-refractivity contribution is 7.51. The number of amides is 7. The van der Waals surface area contributed by atoms with Gasteiger partial charge in [-0.25, -0.2) is 4.79 Å². The maximum absolute atomic E-state index is 16.3. The molecule has 2 saturated heterocycles. The highest BCUT2D eigenvalue weighted by atomic mass is 35.5. The van der Waals surface area contributed by atoms with E-state index in [4.69, 9.17) is 57.4 Å². The van der Waals surface area contributed by atoms with E-state index < -0.39 is 269 Å². The van der Waals surface area contributed by atoms with Gasteiger partial charge in [0.25, 0.3) is 0 Å². The third-order valence-electron chi connectivity index (χ3n) is 21.7. The van der Waals surface area contributed by atoms with Crippen LogP contribution in [0.4, 0.5) is 0 Å². The first-order valence-electron chi connectivity index (χ1n) is 39.7.